The van der Waals surface area contributed by atoms with Gasteiger partial charge in [0.2, 0.25) is 0 Å². The summed E-state index contributed by atoms with van der Waals surface area (Å²) in [5, 5.41) is 0.765. The van der Waals surface area contributed by atoms with Crippen LogP contribution in [0.1, 0.15) is 12.0 Å². The molecule has 0 aliphatic heterocycles. The smallest absolute Gasteiger partial charge is 0.264 e. The average Bonchev–Trinajstić information content (AvgIpc) is 2.40. The lowest BCUT2D eigenvalue weighted by Gasteiger charge is -2.15. The topological polar surface area (TPSA) is 9.23 Å². The molecule has 0 saturated heterocycles. The van der Waals surface area contributed by atoms with Crippen LogP contribution in [0.25, 0.3) is 11.1 Å². The fraction of sp³-hybridized carbons (Fsp3) is 0.143. The van der Waals surface area contributed by atoms with Crippen LogP contribution in [0.4, 0.5) is 8.78 Å². The minimum Gasteiger partial charge on any atom is -0.496 e. The quantitative estimate of drug-likeness (QED) is 0.716. The molecule has 0 aliphatic rings. The third-order valence-corrected chi connectivity index (χ3v) is 3.28. The molecular weight excluding hydrogens is 293 g/mol. The maximum Gasteiger partial charge on any atom is 0.264 e. The van der Waals surface area contributed by atoms with E-state index in [9.17, 15) is 8.78 Å². The first-order valence-electron chi connectivity index (χ1n) is 5.45. The molecule has 0 spiro atoms. The zero-order chi connectivity index (χ0) is 14.0. The highest BCUT2D eigenvalue weighted by atomic mass is 35.5. The number of hydrogen-bond acceptors (Lipinski definition) is 1. The number of halogens is 4. The normalized spacial score (nSPS) is 10.8. The number of hydrogen-bond donors (Lipinski definition) is 0. The molecule has 5 heteroatoms. The first kappa shape index (κ1) is 14.1. The van der Waals surface area contributed by atoms with Crippen LogP contribution >= 0.6 is 23.2 Å². The van der Waals surface area contributed by atoms with Crippen LogP contribution in [0.3, 0.4) is 0 Å². The van der Waals surface area contributed by atoms with E-state index >= 15 is 0 Å². The molecule has 0 fully saturated rings. The molecule has 0 N–H and O–H groups in total. The van der Waals surface area contributed by atoms with Crippen LogP contribution in [0.5, 0.6) is 5.75 Å². The second-order valence-electron chi connectivity index (χ2n) is 3.85. The molecule has 0 atom stereocenters. The summed E-state index contributed by atoms with van der Waals surface area (Å²) in [6, 6.07) is 9.19. The molecule has 2 rings (SSSR count). The van der Waals surface area contributed by atoms with Gasteiger partial charge < -0.3 is 4.74 Å². The van der Waals surface area contributed by atoms with Crippen LogP contribution in [-0.2, 0) is 0 Å². The molecular formula is C14H10Cl2F2O. The van der Waals surface area contributed by atoms with E-state index in [2.05, 4.69) is 0 Å². The molecule has 0 saturated carbocycles. The zero-order valence-electron chi connectivity index (χ0n) is 9.96. The maximum absolute atomic E-state index is 13.1. The Kier molecular flexibility index (Phi) is 4.27. The van der Waals surface area contributed by atoms with Gasteiger partial charge in [0.15, 0.2) is 0 Å². The van der Waals surface area contributed by atoms with Gasteiger partial charge in [-0.3, -0.25) is 0 Å². The summed E-state index contributed by atoms with van der Waals surface area (Å²) in [5.74, 6) is 0.335. The van der Waals surface area contributed by atoms with Crippen molar-refractivity contribution in [3.8, 4) is 16.9 Å². The van der Waals surface area contributed by atoms with Crippen molar-refractivity contribution < 1.29 is 13.5 Å². The molecule has 100 valence electrons. The van der Waals surface area contributed by atoms with Crippen molar-refractivity contribution in [2.75, 3.05) is 7.11 Å². The maximum atomic E-state index is 13.1. The van der Waals surface area contributed by atoms with Crippen LogP contribution in [0.15, 0.2) is 36.4 Å². The summed E-state index contributed by atoms with van der Waals surface area (Å²) in [7, 11) is 1.42. The van der Waals surface area contributed by atoms with Crippen molar-refractivity contribution in [3.63, 3.8) is 0 Å². The SMILES string of the molecule is COc1cccc(C(F)F)c1-c1cc(Cl)ccc1Cl. The van der Waals surface area contributed by atoms with Gasteiger partial charge >= 0.3 is 0 Å². The van der Waals surface area contributed by atoms with Crippen LogP contribution in [-0.4, -0.2) is 7.11 Å². The van der Waals surface area contributed by atoms with E-state index in [0.29, 0.717) is 21.4 Å². The van der Waals surface area contributed by atoms with E-state index in [4.69, 9.17) is 27.9 Å². The molecule has 0 bridgehead atoms. The highest BCUT2D eigenvalue weighted by Crippen LogP contribution is 2.42. The second-order valence-corrected chi connectivity index (χ2v) is 4.69. The van der Waals surface area contributed by atoms with E-state index in [1.165, 1.54) is 19.2 Å². The van der Waals surface area contributed by atoms with Gasteiger partial charge in [0.25, 0.3) is 6.43 Å². The Hall–Kier alpha value is -1.32. The molecule has 0 amide bonds. The summed E-state index contributed by atoms with van der Waals surface area (Å²) in [6.45, 7) is 0. The Balaban J connectivity index is 2.75. The van der Waals surface area contributed by atoms with E-state index in [1.807, 2.05) is 0 Å². The van der Waals surface area contributed by atoms with E-state index < -0.39 is 6.43 Å². The molecule has 2 aromatic rings. The molecule has 0 radical (unpaired) electrons. The third kappa shape index (κ3) is 2.82. The zero-order valence-corrected chi connectivity index (χ0v) is 11.5. The highest BCUT2D eigenvalue weighted by Gasteiger charge is 2.20. The van der Waals surface area contributed by atoms with Crippen molar-refractivity contribution in [1.82, 2.24) is 0 Å². The molecule has 19 heavy (non-hydrogen) atoms. The average molecular weight is 303 g/mol. The first-order chi connectivity index (χ1) is 9.04. The van der Waals surface area contributed by atoms with Gasteiger partial charge in [-0.15, -0.1) is 0 Å². The summed E-state index contributed by atoms with van der Waals surface area (Å²) in [6.07, 6.45) is -2.62. The number of alkyl halides is 2. The monoisotopic (exact) mass is 302 g/mol. The molecule has 2 aromatic carbocycles. The lowest BCUT2D eigenvalue weighted by atomic mass is 9.98. The molecule has 0 unspecified atom stereocenters. The molecule has 0 aromatic heterocycles. The van der Waals surface area contributed by atoms with Gasteiger partial charge in [-0.1, -0.05) is 35.3 Å². The van der Waals surface area contributed by atoms with Crippen molar-refractivity contribution in [2.24, 2.45) is 0 Å². The van der Waals surface area contributed by atoms with E-state index in [-0.39, 0.29) is 11.1 Å². The lowest BCUT2D eigenvalue weighted by Crippen LogP contribution is -1.95. The van der Waals surface area contributed by atoms with Crippen molar-refractivity contribution >= 4 is 23.2 Å². The van der Waals surface area contributed by atoms with Gasteiger partial charge in [-0.2, -0.15) is 0 Å². The summed E-state index contributed by atoms with van der Waals surface area (Å²) >= 11 is 12.0. The van der Waals surface area contributed by atoms with Gasteiger partial charge in [0.05, 0.1) is 7.11 Å². The van der Waals surface area contributed by atoms with Crippen LogP contribution in [0.2, 0.25) is 10.0 Å². The Labute approximate surface area is 119 Å². The van der Waals surface area contributed by atoms with Gasteiger partial charge in [0.1, 0.15) is 5.75 Å². The lowest BCUT2D eigenvalue weighted by molar-refractivity contribution is 0.151. The third-order valence-electron chi connectivity index (χ3n) is 2.71. The molecule has 0 heterocycles. The standard InChI is InChI=1S/C14H10Cl2F2O/c1-19-12-4-2-3-9(14(17)18)13(12)10-7-8(15)5-6-11(10)16/h2-7,14H,1H3. The molecule has 0 aliphatic carbocycles. The van der Waals surface area contributed by atoms with Crippen LogP contribution in [0, 0.1) is 0 Å². The Morgan fingerprint density at radius 3 is 2.47 bits per heavy atom. The molecule has 1 nitrogen and oxygen atoms in total. The van der Waals surface area contributed by atoms with Gasteiger partial charge in [-0.25, -0.2) is 8.78 Å². The number of ether oxygens (including phenoxy) is 1. The number of benzene rings is 2. The minimum absolute atomic E-state index is 0.136. The Morgan fingerprint density at radius 2 is 1.84 bits per heavy atom. The van der Waals surface area contributed by atoms with Crippen molar-refractivity contribution in [2.45, 2.75) is 6.43 Å². The Bertz CT molecular complexity index is 600. The number of methoxy groups -OCH3 is 1. The number of rotatable bonds is 3. The summed E-state index contributed by atoms with van der Waals surface area (Å²) in [4.78, 5) is 0. The predicted octanol–water partition coefficient (Wildman–Crippen LogP) is 5.61. The van der Waals surface area contributed by atoms with Crippen molar-refractivity contribution in [3.05, 3.63) is 52.0 Å². The minimum atomic E-state index is -2.62. The fourth-order valence-electron chi connectivity index (χ4n) is 1.88. The van der Waals surface area contributed by atoms with Crippen molar-refractivity contribution in [1.29, 1.82) is 0 Å². The van der Waals surface area contributed by atoms with Crippen LogP contribution < -0.4 is 4.74 Å². The predicted molar refractivity (Wildman–Crippen MR) is 73.4 cm³/mol. The van der Waals surface area contributed by atoms with Gasteiger partial charge in [0, 0.05) is 26.7 Å². The highest BCUT2D eigenvalue weighted by molar-refractivity contribution is 6.35. The largest absolute Gasteiger partial charge is 0.496 e. The fourth-order valence-corrected chi connectivity index (χ4v) is 2.26. The summed E-state index contributed by atoms with van der Waals surface area (Å²) in [5.41, 5.74) is 0.568. The summed E-state index contributed by atoms with van der Waals surface area (Å²) < 4.78 is 31.4. The van der Waals surface area contributed by atoms with E-state index in [1.54, 1.807) is 24.3 Å². The second kappa shape index (κ2) is 5.76. The van der Waals surface area contributed by atoms with Gasteiger partial charge in [-0.05, 0) is 24.3 Å². The van der Waals surface area contributed by atoms with E-state index in [0.717, 1.165) is 0 Å². The first-order valence-corrected chi connectivity index (χ1v) is 6.20. The Morgan fingerprint density at radius 1 is 1.11 bits per heavy atom.